The lowest BCUT2D eigenvalue weighted by atomic mass is 10.2. The second-order valence-electron chi connectivity index (χ2n) is 5.68. The molecule has 8 heteroatoms. The van der Waals surface area contributed by atoms with Gasteiger partial charge in [0.25, 0.3) is 0 Å². The van der Waals surface area contributed by atoms with Gasteiger partial charge in [0.2, 0.25) is 24.5 Å². The van der Waals surface area contributed by atoms with Crippen LogP contribution >= 0.6 is 0 Å². The minimum atomic E-state index is -0.382. The number of ether oxygens (including phenoxy) is 2. The maximum absolute atomic E-state index is 12.2. The number of carbonyl (C=O) groups is 3. The maximum atomic E-state index is 12.2. The lowest BCUT2D eigenvalue weighted by Gasteiger charge is -2.34. The van der Waals surface area contributed by atoms with E-state index in [1.54, 1.807) is 28.0 Å². The summed E-state index contributed by atoms with van der Waals surface area (Å²) < 4.78 is 10.4. The van der Waals surface area contributed by atoms with Crippen LogP contribution in [0.15, 0.2) is 18.2 Å². The highest BCUT2D eigenvalue weighted by molar-refractivity contribution is 6.03. The van der Waals surface area contributed by atoms with Gasteiger partial charge in [-0.15, -0.1) is 0 Å². The van der Waals surface area contributed by atoms with E-state index >= 15 is 0 Å². The van der Waals surface area contributed by atoms with Crippen LogP contribution in [0.5, 0.6) is 11.5 Å². The number of hydrogen-bond donors (Lipinski definition) is 1. The monoisotopic (exact) mass is 333 g/mol. The molecule has 24 heavy (non-hydrogen) atoms. The van der Waals surface area contributed by atoms with Gasteiger partial charge in [-0.25, -0.2) is 0 Å². The Kier molecular flexibility index (Phi) is 4.54. The predicted octanol–water partition coefficient (Wildman–Crippen LogP) is 0.435. The summed E-state index contributed by atoms with van der Waals surface area (Å²) in [6.07, 6.45) is -0.228. The molecule has 0 aromatic heterocycles. The number of rotatable bonds is 3. The summed E-state index contributed by atoms with van der Waals surface area (Å²) in [5.74, 6) is 0.582. The van der Waals surface area contributed by atoms with Gasteiger partial charge < -0.3 is 24.6 Å². The molecule has 128 valence electrons. The highest BCUT2D eigenvalue weighted by Crippen LogP contribution is 2.34. The average molecular weight is 333 g/mol. The van der Waals surface area contributed by atoms with Crippen LogP contribution in [-0.2, 0) is 14.4 Å². The second kappa shape index (κ2) is 6.77. The van der Waals surface area contributed by atoms with Crippen LogP contribution in [0.2, 0.25) is 0 Å². The summed E-state index contributed by atoms with van der Waals surface area (Å²) in [5.41, 5.74) is 0.554. The van der Waals surface area contributed by atoms with Crippen LogP contribution < -0.4 is 14.8 Å². The number of carbonyl (C=O) groups excluding carboxylic acids is 3. The topological polar surface area (TPSA) is 88.2 Å². The van der Waals surface area contributed by atoms with Crippen LogP contribution in [0.4, 0.5) is 5.69 Å². The summed E-state index contributed by atoms with van der Waals surface area (Å²) in [4.78, 5) is 38.8. The summed E-state index contributed by atoms with van der Waals surface area (Å²) in [5, 5.41) is 2.68. The first-order chi connectivity index (χ1) is 11.5. The summed E-state index contributed by atoms with van der Waals surface area (Å²) >= 11 is 0. The molecule has 0 saturated carbocycles. The van der Waals surface area contributed by atoms with Gasteiger partial charge in [-0.1, -0.05) is 0 Å². The normalized spacial score (nSPS) is 16.0. The van der Waals surface area contributed by atoms with E-state index in [1.807, 2.05) is 0 Å². The van der Waals surface area contributed by atoms with Gasteiger partial charge in [0.05, 0.1) is 0 Å². The Morgan fingerprint density at radius 2 is 1.71 bits per heavy atom. The molecule has 1 aromatic carbocycles. The second-order valence-corrected chi connectivity index (χ2v) is 5.68. The SMILES string of the molecule is CC(=O)N1CCN(C(=O)CC(=O)Nc2ccc3c(c2)OCO3)CC1. The molecule has 1 aromatic rings. The molecule has 0 unspecified atom stereocenters. The van der Waals surface area contributed by atoms with Crippen LogP contribution in [-0.4, -0.2) is 60.5 Å². The fourth-order valence-electron chi connectivity index (χ4n) is 2.70. The van der Waals surface area contributed by atoms with Crippen LogP contribution in [0.1, 0.15) is 13.3 Å². The van der Waals surface area contributed by atoms with Crippen molar-refractivity contribution < 1.29 is 23.9 Å². The molecular weight excluding hydrogens is 314 g/mol. The van der Waals surface area contributed by atoms with Gasteiger partial charge in [0.1, 0.15) is 6.42 Å². The van der Waals surface area contributed by atoms with Gasteiger partial charge >= 0.3 is 0 Å². The average Bonchev–Trinajstić information content (AvgIpc) is 3.02. The first kappa shape index (κ1) is 16.1. The summed E-state index contributed by atoms with van der Waals surface area (Å²) in [7, 11) is 0. The third-order valence-electron chi connectivity index (χ3n) is 4.05. The van der Waals surface area contributed by atoms with Gasteiger partial charge in [0, 0.05) is 44.9 Å². The fraction of sp³-hybridized carbons (Fsp3) is 0.438. The third-order valence-corrected chi connectivity index (χ3v) is 4.05. The molecule has 1 N–H and O–H groups in total. The number of piperazine rings is 1. The smallest absolute Gasteiger partial charge is 0.233 e. The van der Waals surface area contributed by atoms with Crippen molar-refractivity contribution in [1.82, 2.24) is 9.80 Å². The molecular formula is C16H19N3O5. The number of fused-ring (bicyclic) bond motifs is 1. The van der Waals surface area contributed by atoms with Crippen molar-refractivity contribution in [1.29, 1.82) is 0 Å². The van der Waals surface area contributed by atoms with Crippen LogP contribution in [0.25, 0.3) is 0 Å². The van der Waals surface area contributed by atoms with Gasteiger partial charge in [-0.3, -0.25) is 14.4 Å². The number of nitrogens with zero attached hydrogens (tertiary/aromatic N) is 2. The zero-order valence-electron chi connectivity index (χ0n) is 13.4. The lowest BCUT2D eigenvalue weighted by molar-refractivity contribution is -0.140. The molecule has 1 fully saturated rings. The van der Waals surface area contributed by atoms with Crippen molar-refractivity contribution in [2.75, 3.05) is 38.3 Å². The molecule has 0 spiro atoms. The molecule has 8 nitrogen and oxygen atoms in total. The number of nitrogens with one attached hydrogen (secondary N) is 1. The van der Waals surface area contributed by atoms with Crippen molar-refractivity contribution in [3.8, 4) is 11.5 Å². The van der Waals surface area contributed by atoms with E-state index in [1.165, 1.54) is 6.92 Å². The fourth-order valence-corrected chi connectivity index (χ4v) is 2.70. The van der Waals surface area contributed by atoms with E-state index in [0.29, 0.717) is 43.4 Å². The van der Waals surface area contributed by atoms with E-state index in [9.17, 15) is 14.4 Å². The third kappa shape index (κ3) is 3.58. The van der Waals surface area contributed by atoms with Gasteiger partial charge in [-0.2, -0.15) is 0 Å². The van der Waals surface area contributed by atoms with Crippen molar-refractivity contribution in [2.45, 2.75) is 13.3 Å². The Bertz CT molecular complexity index is 668. The first-order valence-corrected chi connectivity index (χ1v) is 7.76. The largest absolute Gasteiger partial charge is 0.454 e. The highest BCUT2D eigenvalue weighted by Gasteiger charge is 2.24. The summed E-state index contributed by atoms with van der Waals surface area (Å²) in [6, 6.07) is 5.07. The number of hydrogen-bond acceptors (Lipinski definition) is 5. The Morgan fingerprint density at radius 3 is 2.42 bits per heavy atom. The van der Waals surface area contributed by atoms with Crippen LogP contribution in [0.3, 0.4) is 0 Å². The minimum Gasteiger partial charge on any atom is -0.454 e. The molecule has 1 saturated heterocycles. The molecule has 2 aliphatic heterocycles. The number of anilines is 1. The molecule has 0 bridgehead atoms. The zero-order chi connectivity index (χ0) is 17.1. The Balaban J connectivity index is 1.50. The first-order valence-electron chi connectivity index (χ1n) is 7.76. The van der Waals surface area contributed by atoms with Gasteiger partial charge in [-0.05, 0) is 12.1 Å². The van der Waals surface area contributed by atoms with Crippen molar-refractivity contribution >= 4 is 23.4 Å². The molecule has 0 atom stereocenters. The van der Waals surface area contributed by atoms with E-state index in [2.05, 4.69) is 5.32 Å². The minimum absolute atomic E-state index is 0.00245. The summed E-state index contributed by atoms with van der Waals surface area (Å²) in [6.45, 7) is 3.59. The highest BCUT2D eigenvalue weighted by atomic mass is 16.7. The van der Waals surface area contributed by atoms with E-state index in [4.69, 9.17) is 9.47 Å². The van der Waals surface area contributed by atoms with Crippen molar-refractivity contribution in [2.24, 2.45) is 0 Å². The molecule has 0 aliphatic carbocycles. The molecule has 2 heterocycles. The number of benzene rings is 1. The zero-order valence-corrected chi connectivity index (χ0v) is 13.4. The molecule has 2 aliphatic rings. The van der Waals surface area contributed by atoms with E-state index in [0.717, 1.165) is 0 Å². The Hall–Kier alpha value is -2.77. The van der Waals surface area contributed by atoms with E-state index < -0.39 is 0 Å². The Labute approximate surface area is 139 Å². The molecule has 3 rings (SSSR count). The van der Waals surface area contributed by atoms with Crippen molar-refractivity contribution in [3.63, 3.8) is 0 Å². The van der Waals surface area contributed by atoms with E-state index in [-0.39, 0.29) is 30.9 Å². The molecule has 0 radical (unpaired) electrons. The maximum Gasteiger partial charge on any atom is 0.233 e. The van der Waals surface area contributed by atoms with Crippen LogP contribution in [0, 0.1) is 0 Å². The van der Waals surface area contributed by atoms with Gasteiger partial charge in [0.15, 0.2) is 11.5 Å². The molecule has 3 amide bonds. The lowest BCUT2D eigenvalue weighted by Crippen LogP contribution is -2.50. The number of amides is 3. The standard InChI is InChI=1S/C16H19N3O5/c1-11(20)18-4-6-19(7-5-18)16(22)9-15(21)17-12-2-3-13-14(8-12)24-10-23-13/h2-3,8H,4-7,9-10H2,1H3,(H,17,21). The Morgan fingerprint density at radius 1 is 1.04 bits per heavy atom. The quantitative estimate of drug-likeness (QED) is 0.811. The van der Waals surface area contributed by atoms with Crippen molar-refractivity contribution in [3.05, 3.63) is 18.2 Å². The predicted molar refractivity (Wildman–Crippen MR) is 84.6 cm³/mol.